The van der Waals surface area contributed by atoms with E-state index in [4.69, 9.17) is 13.7 Å². The second kappa shape index (κ2) is 6.66. The van der Waals surface area contributed by atoms with Crippen molar-refractivity contribution in [3.8, 4) is 17.2 Å². The maximum Gasteiger partial charge on any atom is 0.306 e. The standard InChI is InChI=1S/C21H19NO6S/c1-12-18(28-29(4,24)25)8-6-15-20(23)19(27-21(12)15)9-13-11-22(2)17-7-5-14(26-3)10-16(13)17/h5-11H,1-4H3/b19-9+. The van der Waals surface area contributed by atoms with Crippen molar-refractivity contribution >= 4 is 32.9 Å². The number of nitrogens with zero attached hydrogens (tertiary/aromatic N) is 1. The first-order valence-electron chi connectivity index (χ1n) is 8.78. The highest BCUT2D eigenvalue weighted by Gasteiger charge is 2.31. The van der Waals surface area contributed by atoms with Gasteiger partial charge in [-0.05, 0) is 43.3 Å². The monoisotopic (exact) mass is 413 g/mol. The van der Waals surface area contributed by atoms with Gasteiger partial charge in [0.25, 0.3) is 0 Å². The summed E-state index contributed by atoms with van der Waals surface area (Å²) in [6.07, 6.45) is 4.55. The van der Waals surface area contributed by atoms with Crippen molar-refractivity contribution in [1.82, 2.24) is 4.57 Å². The molecule has 2 aromatic carbocycles. The molecule has 0 saturated heterocycles. The molecule has 150 valence electrons. The van der Waals surface area contributed by atoms with E-state index >= 15 is 0 Å². The summed E-state index contributed by atoms with van der Waals surface area (Å²) >= 11 is 0. The van der Waals surface area contributed by atoms with Crippen molar-refractivity contribution in [2.24, 2.45) is 7.05 Å². The lowest BCUT2D eigenvalue weighted by Gasteiger charge is -2.09. The number of Topliss-reactive ketones (excluding diaryl/α,β-unsaturated/α-hetero) is 1. The number of hydrogen-bond donors (Lipinski definition) is 0. The molecule has 0 saturated carbocycles. The zero-order chi connectivity index (χ0) is 20.9. The Kier molecular flexibility index (Phi) is 4.38. The van der Waals surface area contributed by atoms with E-state index in [0.29, 0.717) is 22.6 Å². The van der Waals surface area contributed by atoms with Gasteiger partial charge >= 0.3 is 10.1 Å². The van der Waals surface area contributed by atoms with E-state index in [-0.39, 0.29) is 17.3 Å². The number of rotatable bonds is 4. The Morgan fingerprint density at radius 3 is 2.62 bits per heavy atom. The number of methoxy groups -OCH3 is 1. The number of hydrogen-bond acceptors (Lipinski definition) is 6. The maximum absolute atomic E-state index is 12.8. The number of aryl methyl sites for hydroxylation is 1. The lowest BCUT2D eigenvalue weighted by Crippen LogP contribution is -2.07. The number of ketones is 1. The fraction of sp³-hybridized carbons (Fsp3) is 0.190. The molecule has 0 fully saturated rings. The average molecular weight is 413 g/mol. The van der Waals surface area contributed by atoms with E-state index in [9.17, 15) is 13.2 Å². The molecule has 0 unspecified atom stereocenters. The molecule has 1 aromatic heterocycles. The summed E-state index contributed by atoms with van der Waals surface area (Å²) in [6.45, 7) is 1.65. The predicted molar refractivity (Wildman–Crippen MR) is 109 cm³/mol. The summed E-state index contributed by atoms with van der Waals surface area (Å²) in [5.41, 5.74) is 2.61. The third-order valence-corrected chi connectivity index (χ3v) is 5.27. The molecular weight excluding hydrogens is 394 g/mol. The summed E-state index contributed by atoms with van der Waals surface area (Å²) in [6, 6.07) is 8.69. The van der Waals surface area contributed by atoms with Crippen molar-refractivity contribution in [3.05, 3.63) is 59.0 Å². The van der Waals surface area contributed by atoms with Crippen LogP contribution in [-0.4, -0.2) is 32.1 Å². The highest BCUT2D eigenvalue weighted by Crippen LogP contribution is 2.40. The lowest BCUT2D eigenvalue weighted by atomic mass is 10.1. The molecule has 1 aliphatic heterocycles. The minimum Gasteiger partial charge on any atom is -0.497 e. The molecule has 7 nitrogen and oxygen atoms in total. The highest BCUT2D eigenvalue weighted by molar-refractivity contribution is 7.86. The quantitative estimate of drug-likeness (QED) is 0.481. The van der Waals surface area contributed by atoms with E-state index in [2.05, 4.69) is 0 Å². The summed E-state index contributed by atoms with van der Waals surface area (Å²) < 4.78 is 41.0. The molecule has 0 amide bonds. The number of ether oxygens (including phenoxy) is 2. The Balaban J connectivity index is 1.77. The molecule has 0 N–H and O–H groups in total. The minimum atomic E-state index is -3.69. The summed E-state index contributed by atoms with van der Waals surface area (Å²) in [5.74, 6) is 1.04. The summed E-state index contributed by atoms with van der Waals surface area (Å²) in [4.78, 5) is 12.8. The zero-order valence-corrected chi connectivity index (χ0v) is 17.2. The normalized spacial score (nSPS) is 14.9. The van der Waals surface area contributed by atoms with Crippen LogP contribution in [0.4, 0.5) is 0 Å². The Labute approximate surface area is 168 Å². The van der Waals surface area contributed by atoms with E-state index in [1.165, 1.54) is 12.1 Å². The van der Waals surface area contributed by atoms with Crippen LogP contribution in [0.15, 0.2) is 42.3 Å². The SMILES string of the molecule is COc1ccc2c(c1)c(/C=C1/Oc3c(ccc(OS(C)(=O)=O)c3C)C1=O)cn2C. The van der Waals surface area contributed by atoms with Crippen LogP contribution in [0.25, 0.3) is 17.0 Å². The first kappa shape index (κ1) is 19.1. The fourth-order valence-electron chi connectivity index (χ4n) is 3.41. The van der Waals surface area contributed by atoms with Crippen LogP contribution in [-0.2, 0) is 17.2 Å². The molecular formula is C21H19NO6S. The fourth-order valence-corrected chi connectivity index (χ4v) is 3.91. The van der Waals surface area contributed by atoms with Crippen LogP contribution >= 0.6 is 0 Å². The van der Waals surface area contributed by atoms with Gasteiger partial charge in [-0.25, -0.2) is 0 Å². The van der Waals surface area contributed by atoms with Gasteiger partial charge in [-0.3, -0.25) is 4.79 Å². The Hall–Kier alpha value is -3.26. The third-order valence-electron chi connectivity index (χ3n) is 4.79. The number of allylic oxidation sites excluding steroid dienone is 1. The second-order valence-electron chi connectivity index (χ2n) is 6.87. The molecule has 0 spiro atoms. The first-order chi connectivity index (χ1) is 13.7. The van der Waals surface area contributed by atoms with E-state index in [1.54, 1.807) is 20.1 Å². The lowest BCUT2D eigenvalue weighted by molar-refractivity contribution is 0.101. The van der Waals surface area contributed by atoms with Gasteiger partial charge in [0.2, 0.25) is 5.78 Å². The van der Waals surface area contributed by atoms with Gasteiger partial charge in [0.15, 0.2) is 5.76 Å². The summed E-state index contributed by atoms with van der Waals surface area (Å²) in [7, 11) is -0.173. The average Bonchev–Trinajstić information content (AvgIpc) is 3.14. The summed E-state index contributed by atoms with van der Waals surface area (Å²) in [5, 5.41) is 0.921. The number of aromatic nitrogens is 1. The Morgan fingerprint density at radius 2 is 1.93 bits per heavy atom. The number of benzene rings is 2. The van der Waals surface area contributed by atoms with Crippen LogP contribution in [0.2, 0.25) is 0 Å². The van der Waals surface area contributed by atoms with Gasteiger partial charge in [-0.15, -0.1) is 0 Å². The van der Waals surface area contributed by atoms with Crippen molar-refractivity contribution in [1.29, 1.82) is 0 Å². The van der Waals surface area contributed by atoms with Crippen LogP contribution < -0.4 is 13.7 Å². The van der Waals surface area contributed by atoms with Gasteiger partial charge in [-0.2, -0.15) is 8.42 Å². The molecule has 4 rings (SSSR count). The molecule has 0 aliphatic carbocycles. The topological polar surface area (TPSA) is 83.8 Å². The van der Waals surface area contributed by atoms with Gasteiger partial charge in [0.1, 0.15) is 17.2 Å². The van der Waals surface area contributed by atoms with E-state index in [0.717, 1.165) is 22.7 Å². The predicted octanol–water partition coefficient (Wildman–Crippen LogP) is 3.45. The number of fused-ring (bicyclic) bond motifs is 2. The van der Waals surface area contributed by atoms with Crippen LogP contribution in [0.5, 0.6) is 17.2 Å². The van der Waals surface area contributed by atoms with Crippen molar-refractivity contribution in [2.45, 2.75) is 6.92 Å². The zero-order valence-electron chi connectivity index (χ0n) is 16.3. The molecule has 29 heavy (non-hydrogen) atoms. The molecule has 1 aliphatic rings. The maximum atomic E-state index is 12.8. The van der Waals surface area contributed by atoms with Gasteiger partial charge < -0.3 is 18.2 Å². The smallest absolute Gasteiger partial charge is 0.306 e. The molecule has 0 bridgehead atoms. The van der Waals surface area contributed by atoms with Gasteiger partial charge in [-0.1, -0.05) is 0 Å². The van der Waals surface area contributed by atoms with E-state index < -0.39 is 10.1 Å². The number of carbonyl (C=O) groups is 1. The van der Waals surface area contributed by atoms with E-state index in [1.807, 2.05) is 36.0 Å². The minimum absolute atomic E-state index is 0.134. The van der Waals surface area contributed by atoms with Crippen LogP contribution in [0, 0.1) is 6.92 Å². The largest absolute Gasteiger partial charge is 0.497 e. The van der Waals surface area contributed by atoms with Crippen LogP contribution in [0.3, 0.4) is 0 Å². The van der Waals surface area contributed by atoms with Gasteiger partial charge in [0, 0.05) is 35.3 Å². The van der Waals surface area contributed by atoms with Crippen LogP contribution in [0.1, 0.15) is 21.5 Å². The molecule has 3 aromatic rings. The second-order valence-corrected chi connectivity index (χ2v) is 8.45. The highest BCUT2D eigenvalue weighted by atomic mass is 32.2. The van der Waals surface area contributed by atoms with Crippen molar-refractivity contribution in [2.75, 3.05) is 13.4 Å². The number of carbonyl (C=O) groups excluding carboxylic acids is 1. The molecule has 2 heterocycles. The Bertz CT molecular complexity index is 1300. The van der Waals surface area contributed by atoms with Crippen molar-refractivity contribution < 1.29 is 26.9 Å². The van der Waals surface area contributed by atoms with Gasteiger partial charge in [0.05, 0.1) is 18.9 Å². The molecule has 0 radical (unpaired) electrons. The molecule has 8 heteroatoms. The van der Waals surface area contributed by atoms with Crippen molar-refractivity contribution in [3.63, 3.8) is 0 Å². The Morgan fingerprint density at radius 1 is 1.17 bits per heavy atom. The third kappa shape index (κ3) is 3.36. The molecule has 0 atom stereocenters. The first-order valence-corrected chi connectivity index (χ1v) is 10.6.